The Kier molecular flexibility index (Phi) is 3.35. The number of pyridine rings is 1. The Morgan fingerprint density at radius 1 is 1.50 bits per heavy atom. The number of rotatable bonds is 0. The number of aryl methyl sites for hydroxylation is 1. The fourth-order valence-corrected chi connectivity index (χ4v) is 1.78. The van der Waals surface area contributed by atoms with Crippen molar-refractivity contribution in [2.75, 3.05) is 6.61 Å². The molecule has 3 N–H and O–H groups in total. The number of nitrogens with zero attached hydrogens (tertiary/aromatic N) is 1. The van der Waals surface area contributed by atoms with Crippen LogP contribution in [0.1, 0.15) is 23.0 Å². The lowest BCUT2D eigenvalue weighted by molar-refractivity contribution is 0.0156. The second-order valence-electron chi connectivity index (χ2n) is 4.30. The normalized spacial score (nSPS) is 20.3. The quantitative estimate of drug-likeness (QED) is 0.578. The molecule has 0 saturated carbocycles. The van der Waals surface area contributed by atoms with Crippen LogP contribution in [0.2, 0.25) is 0 Å². The van der Waals surface area contributed by atoms with E-state index in [1.807, 2.05) is 0 Å². The molecule has 0 fully saturated rings. The van der Waals surface area contributed by atoms with Gasteiger partial charge in [-0.15, -0.1) is 0 Å². The second-order valence-corrected chi connectivity index (χ2v) is 4.30. The van der Waals surface area contributed by atoms with Gasteiger partial charge in [0.05, 0.1) is 19.3 Å². The first-order valence-corrected chi connectivity index (χ1v) is 5.59. The first-order valence-electron chi connectivity index (χ1n) is 5.59. The van der Waals surface area contributed by atoms with Gasteiger partial charge < -0.3 is 15.0 Å². The van der Waals surface area contributed by atoms with E-state index in [0.29, 0.717) is 12.2 Å². The number of carbonyl (C=O) groups is 1. The largest absolute Gasteiger partial charge is 0.503 e. The Hall–Kier alpha value is -1.86. The van der Waals surface area contributed by atoms with Gasteiger partial charge in [-0.25, -0.2) is 0 Å². The predicted octanol–water partition coefficient (Wildman–Crippen LogP) is -0.527. The van der Waals surface area contributed by atoms with Crippen molar-refractivity contribution < 1.29 is 14.7 Å². The predicted molar refractivity (Wildman–Crippen MR) is 63.1 cm³/mol. The first kappa shape index (κ1) is 12.6. The number of amides is 1. The summed E-state index contributed by atoms with van der Waals surface area (Å²) < 4.78 is 1.44. The molecule has 2 rings (SSSR count). The van der Waals surface area contributed by atoms with Gasteiger partial charge in [-0.05, 0) is 13.8 Å². The SMILES string of the molecule is Cc1cn2c(c(O)c1=O)C(=O)N[C@@H](C)CONC2. The summed E-state index contributed by atoms with van der Waals surface area (Å²) in [6.07, 6.45) is 1.50. The Balaban J connectivity index is 2.56. The van der Waals surface area contributed by atoms with Gasteiger partial charge in [-0.1, -0.05) is 0 Å². The van der Waals surface area contributed by atoms with Crippen molar-refractivity contribution >= 4 is 5.91 Å². The summed E-state index contributed by atoms with van der Waals surface area (Å²) in [5, 5.41) is 12.5. The molecule has 0 aromatic carbocycles. The maximum Gasteiger partial charge on any atom is 0.272 e. The average molecular weight is 253 g/mol. The minimum atomic E-state index is -0.539. The molecule has 0 saturated heterocycles. The molecule has 0 aliphatic carbocycles. The first-order chi connectivity index (χ1) is 8.50. The molecule has 98 valence electrons. The van der Waals surface area contributed by atoms with Gasteiger partial charge in [-0.3, -0.25) is 14.4 Å². The Labute approximate surface area is 103 Å². The summed E-state index contributed by atoms with van der Waals surface area (Å²) in [4.78, 5) is 28.8. The molecule has 1 atom stereocenters. The van der Waals surface area contributed by atoms with Crippen molar-refractivity contribution in [3.63, 3.8) is 0 Å². The van der Waals surface area contributed by atoms with Crippen LogP contribution in [0.4, 0.5) is 0 Å². The van der Waals surface area contributed by atoms with Crippen LogP contribution >= 0.6 is 0 Å². The standard InChI is InChI=1S/C11H15N3O4/c1-6-3-14-5-12-18-4-7(2)13-11(17)8(14)10(16)9(6)15/h3,7,12,16H,4-5H2,1-2H3,(H,13,17)/t7-/m0/s1. The Bertz CT molecular complexity index is 538. The second kappa shape index (κ2) is 4.79. The van der Waals surface area contributed by atoms with Crippen LogP contribution < -0.4 is 16.2 Å². The molecule has 2 heterocycles. The molecule has 0 unspecified atom stereocenters. The third kappa shape index (κ3) is 2.22. The Morgan fingerprint density at radius 2 is 2.22 bits per heavy atom. The van der Waals surface area contributed by atoms with Crippen molar-refractivity contribution in [1.29, 1.82) is 0 Å². The van der Waals surface area contributed by atoms with Gasteiger partial charge in [0.15, 0.2) is 11.4 Å². The number of hydroxylamine groups is 1. The summed E-state index contributed by atoms with van der Waals surface area (Å²) in [5.74, 6) is -1.03. The molecule has 7 heteroatoms. The molecule has 18 heavy (non-hydrogen) atoms. The van der Waals surface area contributed by atoms with E-state index in [9.17, 15) is 14.7 Å². The summed E-state index contributed by atoms with van der Waals surface area (Å²) >= 11 is 0. The number of carbonyl (C=O) groups excluding carboxylic acids is 1. The summed E-state index contributed by atoms with van der Waals surface area (Å²) in [6.45, 7) is 3.80. The molecule has 1 aliphatic heterocycles. The summed E-state index contributed by atoms with van der Waals surface area (Å²) in [5.41, 5.74) is 2.43. The van der Waals surface area contributed by atoms with Gasteiger partial charge in [-0.2, -0.15) is 5.48 Å². The van der Waals surface area contributed by atoms with Crippen LogP contribution in [0.15, 0.2) is 11.0 Å². The number of nitrogens with one attached hydrogen (secondary N) is 2. The third-order valence-electron chi connectivity index (χ3n) is 2.70. The minimum Gasteiger partial charge on any atom is -0.503 e. The zero-order chi connectivity index (χ0) is 13.3. The highest BCUT2D eigenvalue weighted by molar-refractivity contribution is 5.95. The van der Waals surface area contributed by atoms with E-state index in [-0.39, 0.29) is 18.4 Å². The Morgan fingerprint density at radius 3 is 2.94 bits per heavy atom. The minimum absolute atomic E-state index is 0.0598. The molecule has 0 bridgehead atoms. The molecule has 1 aromatic rings. The molecule has 0 radical (unpaired) electrons. The van der Waals surface area contributed by atoms with E-state index in [1.165, 1.54) is 10.8 Å². The van der Waals surface area contributed by atoms with Crippen molar-refractivity contribution in [3.05, 3.63) is 27.7 Å². The number of aromatic hydroxyl groups is 1. The van der Waals surface area contributed by atoms with Crippen LogP contribution in [0.3, 0.4) is 0 Å². The molecule has 1 amide bonds. The molecule has 1 aliphatic rings. The highest BCUT2D eigenvalue weighted by atomic mass is 16.6. The maximum absolute atomic E-state index is 12.0. The number of aromatic nitrogens is 1. The highest BCUT2D eigenvalue weighted by Gasteiger charge is 2.22. The molecular weight excluding hydrogens is 238 g/mol. The van der Waals surface area contributed by atoms with E-state index in [2.05, 4.69) is 10.8 Å². The smallest absolute Gasteiger partial charge is 0.272 e. The van der Waals surface area contributed by atoms with Crippen LogP contribution in [0.25, 0.3) is 0 Å². The van der Waals surface area contributed by atoms with Crippen molar-refractivity contribution in [2.24, 2.45) is 0 Å². The maximum atomic E-state index is 12.0. The van der Waals surface area contributed by atoms with Crippen LogP contribution in [0.5, 0.6) is 5.75 Å². The van der Waals surface area contributed by atoms with E-state index in [1.54, 1.807) is 13.8 Å². The van der Waals surface area contributed by atoms with Crippen molar-refractivity contribution in [1.82, 2.24) is 15.4 Å². The summed E-state index contributed by atoms with van der Waals surface area (Å²) in [7, 11) is 0. The van der Waals surface area contributed by atoms with Gasteiger partial charge in [0.25, 0.3) is 5.91 Å². The average Bonchev–Trinajstić information content (AvgIpc) is 2.36. The number of hydrogen-bond acceptors (Lipinski definition) is 5. The fourth-order valence-electron chi connectivity index (χ4n) is 1.78. The molecular formula is C11H15N3O4. The highest BCUT2D eigenvalue weighted by Crippen LogP contribution is 2.14. The van der Waals surface area contributed by atoms with Crippen molar-refractivity contribution in [3.8, 4) is 5.75 Å². The topological polar surface area (TPSA) is 92.6 Å². The number of hydrogen-bond donors (Lipinski definition) is 3. The van der Waals surface area contributed by atoms with Crippen molar-refractivity contribution in [2.45, 2.75) is 26.6 Å². The van der Waals surface area contributed by atoms with Gasteiger partial charge in [0.2, 0.25) is 5.43 Å². The molecule has 7 nitrogen and oxygen atoms in total. The van der Waals surface area contributed by atoms with Gasteiger partial charge in [0.1, 0.15) is 0 Å². The zero-order valence-corrected chi connectivity index (χ0v) is 10.2. The van der Waals surface area contributed by atoms with E-state index < -0.39 is 17.1 Å². The number of fused-ring (bicyclic) bond motifs is 1. The fraction of sp³-hybridized carbons (Fsp3) is 0.455. The van der Waals surface area contributed by atoms with E-state index in [4.69, 9.17) is 4.84 Å². The van der Waals surface area contributed by atoms with Crippen LogP contribution in [-0.4, -0.2) is 28.2 Å². The molecule has 0 spiro atoms. The summed E-state index contributed by atoms with van der Waals surface area (Å²) in [6, 6.07) is -0.229. The zero-order valence-electron chi connectivity index (χ0n) is 10.2. The van der Waals surface area contributed by atoms with Crippen LogP contribution in [0, 0.1) is 6.92 Å². The lowest BCUT2D eigenvalue weighted by Crippen LogP contribution is -2.37. The lowest BCUT2D eigenvalue weighted by Gasteiger charge is -2.14. The van der Waals surface area contributed by atoms with E-state index in [0.717, 1.165) is 0 Å². The van der Waals surface area contributed by atoms with Crippen LogP contribution in [-0.2, 0) is 11.5 Å². The third-order valence-corrected chi connectivity index (χ3v) is 2.70. The molecule has 1 aromatic heterocycles. The lowest BCUT2D eigenvalue weighted by atomic mass is 10.2. The van der Waals surface area contributed by atoms with Gasteiger partial charge >= 0.3 is 0 Å². The van der Waals surface area contributed by atoms with Gasteiger partial charge in [0, 0.05) is 11.8 Å². The monoisotopic (exact) mass is 253 g/mol. The van der Waals surface area contributed by atoms with E-state index >= 15 is 0 Å².